The average molecular weight is 389 g/mol. The van der Waals surface area contributed by atoms with Crippen LogP contribution in [0.4, 0.5) is 5.82 Å². The van der Waals surface area contributed by atoms with Gasteiger partial charge in [-0.05, 0) is 32.6 Å². The molecule has 0 unspecified atom stereocenters. The predicted octanol–water partition coefficient (Wildman–Crippen LogP) is 1.43. The van der Waals surface area contributed by atoms with Crippen molar-refractivity contribution < 1.29 is 13.7 Å². The van der Waals surface area contributed by atoms with E-state index in [9.17, 15) is 9.00 Å². The van der Waals surface area contributed by atoms with Gasteiger partial charge in [0, 0.05) is 42.3 Å². The number of aryl methyl sites for hydroxylation is 1. The van der Waals surface area contributed by atoms with E-state index < -0.39 is 15.3 Å². The molecule has 1 aliphatic carbocycles. The first-order valence-corrected chi connectivity index (χ1v) is 11.2. The maximum Gasteiger partial charge on any atom is 0.256 e. The monoisotopic (exact) mass is 389 g/mol. The number of morpholine rings is 1. The Morgan fingerprint density at radius 3 is 2.85 bits per heavy atom. The maximum atomic E-state index is 12.9. The molecule has 3 aliphatic rings. The number of nitrogens with zero attached hydrogens (tertiary/aromatic N) is 5. The van der Waals surface area contributed by atoms with Gasteiger partial charge in [-0.25, -0.2) is 14.2 Å². The predicted molar refractivity (Wildman–Crippen MR) is 99.6 cm³/mol. The van der Waals surface area contributed by atoms with Gasteiger partial charge in [-0.2, -0.15) is 9.62 Å². The molecule has 1 aromatic rings. The normalized spacial score (nSPS) is 30.7. The fourth-order valence-corrected chi connectivity index (χ4v) is 5.96. The van der Waals surface area contributed by atoms with Gasteiger partial charge in [0.25, 0.3) is 5.91 Å². The summed E-state index contributed by atoms with van der Waals surface area (Å²) in [6.45, 7) is 3.78. The van der Waals surface area contributed by atoms with Crippen LogP contribution in [0.15, 0.2) is 10.6 Å². The molecule has 8 nitrogen and oxygen atoms in total. The summed E-state index contributed by atoms with van der Waals surface area (Å²) in [7, 11) is -2.46. The standard InChI is InChI=1S/C18H23N5O3S/c1-13-11-20-15(10-19)21-16(13)23-6-7-26-18(12-23)4-8-27(25,9-5-18)22-17(24)14-2-3-14/h11,14H,2-9,12H2,1H3. The summed E-state index contributed by atoms with van der Waals surface area (Å²) in [6, 6.07) is 1.99. The van der Waals surface area contributed by atoms with Crippen LogP contribution in [0.1, 0.15) is 37.1 Å². The number of anilines is 1. The molecule has 1 saturated carbocycles. The summed E-state index contributed by atoms with van der Waals surface area (Å²) < 4.78 is 23.1. The molecule has 0 N–H and O–H groups in total. The number of aromatic nitrogens is 2. The SMILES string of the molecule is Cc1cnc(C#N)nc1N1CCOC2(CCS(=O)(=NC(=O)C3CC3)CC2)C1. The van der Waals surface area contributed by atoms with E-state index in [1.807, 2.05) is 13.0 Å². The van der Waals surface area contributed by atoms with E-state index in [1.54, 1.807) is 6.20 Å². The summed E-state index contributed by atoms with van der Waals surface area (Å²) in [5.74, 6) is 1.53. The van der Waals surface area contributed by atoms with Crippen LogP contribution in [-0.4, -0.2) is 56.9 Å². The van der Waals surface area contributed by atoms with E-state index in [2.05, 4.69) is 19.2 Å². The van der Waals surface area contributed by atoms with Gasteiger partial charge in [0.2, 0.25) is 5.82 Å². The quantitative estimate of drug-likeness (QED) is 0.753. The topological polar surface area (TPSA) is 109 Å². The van der Waals surface area contributed by atoms with E-state index in [4.69, 9.17) is 10.00 Å². The Labute approximate surface area is 159 Å². The second-order valence-electron chi connectivity index (χ2n) is 7.65. The summed E-state index contributed by atoms with van der Waals surface area (Å²) in [4.78, 5) is 22.5. The van der Waals surface area contributed by atoms with Crippen LogP contribution in [0.25, 0.3) is 0 Å². The fourth-order valence-electron chi connectivity index (χ4n) is 3.71. The highest BCUT2D eigenvalue weighted by Crippen LogP contribution is 2.35. The van der Waals surface area contributed by atoms with Gasteiger partial charge in [0.15, 0.2) is 0 Å². The summed E-state index contributed by atoms with van der Waals surface area (Å²) >= 11 is 0. The van der Waals surface area contributed by atoms with Crippen LogP contribution in [0.5, 0.6) is 0 Å². The third-order valence-corrected chi connectivity index (χ3v) is 7.73. The number of amides is 1. The van der Waals surface area contributed by atoms with Gasteiger partial charge in [0.05, 0.1) is 21.9 Å². The van der Waals surface area contributed by atoms with Crippen LogP contribution in [0.2, 0.25) is 0 Å². The van der Waals surface area contributed by atoms with E-state index in [1.165, 1.54) is 0 Å². The Morgan fingerprint density at radius 2 is 2.19 bits per heavy atom. The van der Waals surface area contributed by atoms with Gasteiger partial charge in [-0.15, -0.1) is 0 Å². The van der Waals surface area contributed by atoms with Crippen LogP contribution in [-0.2, 0) is 19.3 Å². The van der Waals surface area contributed by atoms with Crippen molar-refractivity contribution in [3.63, 3.8) is 0 Å². The maximum absolute atomic E-state index is 12.9. The lowest BCUT2D eigenvalue weighted by molar-refractivity contribution is -0.118. The minimum atomic E-state index is -2.46. The number of nitriles is 1. The van der Waals surface area contributed by atoms with Gasteiger partial charge in [-0.3, -0.25) is 4.79 Å². The zero-order valence-electron chi connectivity index (χ0n) is 15.4. The smallest absolute Gasteiger partial charge is 0.256 e. The Kier molecular flexibility index (Phi) is 4.64. The average Bonchev–Trinajstić information content (AvgIpc) is 3.51. The number of ether oxygens (including phenoxy) is 1. The number of rotatable bonds is 2. The van der Waals surface area contributed by atoms with Crippen LogP contribution >= 0.6 is 0 Å². The van der Waals surface area contributed by atoms with E-state index in [-0.39, 0.29) is 17.6 Å². The lowest BCUT2D eigenvalue weighted by atomic mass is 9.94. The van der Waals surface area contributed by atoms with Crippen molar-refractivity contribution in [2.75, 3.05) is 36.1 Å². The highest BCUT2D eigenvalue weighted by Gasteiger charge is 2.42. The first kappa shape index (κ1) is 18.3. The molecule has 0 aromatic carbocycles. The molecule has 0 bridgehead atoms. The molecule has 2 aliphatic heterocycles. The molecule has 1 aromatic heterocycles. The first-order valence-electron chi connectivity index (χ1n) is 9.31. The Balaban J connectivity index is 1.50. The van der Waals surface area contributed by atoms with E-state index in [0.717, 1.165) is 24.2 Å². The molecular formula is C18H23N5O3S. The van der Waals surface area contributed by atoms with E-state index >= 15 is 0 Å². The van der Waals surface area contributed by atoms with Crippen molar-refractivity contribution in [3.8, 4) is 6.07 Å². The zero-order chi connectivity index (χ0) is 19.1. The number of carbonyl (C=O) groups excluding carboxylic acids is 1. The minimum absolute atomic E-state index is 0.00991. The number of hydrogen-bond acceptors (Lipinski definition) is 7. The Morgan fingerprint density at radius 1 is 1.44 bits per heavy atom. The first-order chi connectivity index (χ1) is 12.9. The van der Waals surface area contributed by atoms with Crippen LogP contribution in [0.3, 0.4) is 0 Å². The number of carbonyl (C=O) groups is 1. The molecule has 4 rings (SSSR count). The highest BCUT2D eigenvalue weighted by atomic mass is 32.2. The van der Waals surface area contributed by atoms with Gasteiger partial charge < -0.3 is 9.64 Å². The number of hydrogen-bond donors (Lipinski definition) is 0. The highest BCUT2D eigenvalue weighted by molar-refractivity contribution is 7.93. The largest absolute Gasteiger partial charge is 0.371 e. The van der Waals surface area contributed by atoms with Crippen molar-refractivity contribution in [2.24, 2.45) is 10.3 Å². The fraction of sp³-hybridized carbons (Fsp3) is 0.667. The molecule has 27 heavy (non-hydrogen) atoms. The summed E-state index contributed by atoms with van der Waals surface area (Å²) in [5.41, 5.74) is 0.511. The third kappa shape index (κ3) is 3.82. The van der Waals surface area contributed by atoms with Crippen molar-refractivity contribution in [1.29, 1.82) is 5.26 Å². The van der Waals surface area contributed by atoms with Crippen molar-refractivity contribution in [1.82, 2.24) is 9.97 Å². The molecule has 1 spiro atoms. The van der Waals surface area contributed by atoms with E-state index in [0.29, 0.717) is 44.0 Å². The molecule has 0 radical (unpaired) electrons. The second kappa shape index (κ2) is 6.84. The van der Waals surface area contributed by atoms with Crippen molar-refractivity contribution in [2.45, 2.75) is 38.2 Å². The Bertz CT molecular complexity index is 913. The van der Waals surface area contributed by atoms with Gasteiger partial charge in [0.1, 0.15) is 11.9 Å². The molecule has 9 heteroatoms. The molecule has 144 valence electrons. The van der Waals surface area contributed by atoms with Crippen LogP contribution in [0, 0.1) is 24.2 Å². The van der Waals surface area contributed by atoms with Gasteiger partial charge in [-0.1, -0.05) is 0 Å². The minimum Gasteiger partial charge on any atom is -0.371 e. The molecule has 0 atom stereocenters. The third-order valence-electron chi connectivity index (χ3n) is 5.53. The molecular weight excluding hydrogens is 366 g/mol. The second-order valence-corrected chi connectivity index (χ2v) is 10.2. The summed E-state index contributed by atoms with van der Waals surface area (Å²) in [6.07, 6.45) is 4.64. The molecule has 2 saturated heterocycles. The lowest BCUT2D eigenvalue weighted by Crippen LogP contribution is -2.55. The van der Waals surface area contributed by atoms with Crippen molar-refractivity contribution >= 4 is 21.5 Å². The zero-order valence-corrected chi connectivity index (χ0v) is 16.2. The molecule has 3 fully saturated rings. The van der Waals surface area contributed by atoms with Crippen molar-refractivity contribution in [3.05, 3.63) is 17.6 Å². The summed E-state index contributed by atoms with van der Waals surface area (Å²) in [5, 5.41) is 9.08. The van der Waals surface area contributed by atoms with Crippen LogP contribution < -0.4 is 4.90 Å². The lowest BCUT2D eigenvalue weighted by Gasteiger charge is -2.46. The molecule has 3 heterocycles. The van der Waals surface area contributed by atoms with Gasteiger partial charge >= 0.3 is 0 Å². The Hall–Kier alpha value is -2.05. The molecule has 1 amide bonds.